The molecule has 0 radical (unpaired) electrons. The molecule has 5 nitrogen and oxygen atoms in total. The molecule has 0 aliphatic heterocycles. The maximum absolute atomic E-state index is 10.6. The summed E-state index contributed by atoms with van der Waals surface area (Å²) in [7, 11) is 0. The Kier molecular flexibility index (Phi) is 3.63. The number of anilines is 1. The van der Waals surface area contributed by atoms with Crippen molar-refractivity contribution < 1.29 is 10.0 Å². The Balaban J connectivity index is 2.27. The lowest BCUT2D eigenvalue weighted by molar-refractivity contribution is -0.384. The summed E-state index contributed by atoms with van der Waals surface area (Å²) >= 11 is 3.35. The van der Waals surface area contributed by atoms with E-state index < -0.39 is 4.92 Å². The molecule has 17 heavy (non-hydrogen) atoms. The number of aliphatic hydroxyl groups excluding tert-OH is 1. The summed E-state index contributed by atoms with van der Waals surface area (Å²) in [6.07, 6.45) is 2.23. The normalized spacial score (nSPS) is 14.7. The highest BCUT2D eigenvalue weighted by Crippen LogP contribution is 2.37. The van der Waals surface area contributed by atoms with E-state index in [1.807, 2.05) is 0 Å². The lowest BCUT2D eigenvalue weighted by Gasteiger charge is -2.24. The molecule has 1 aromatic carbocycles. The lowest BCUT2D eigenvalue weighted by Crippen LogP contribution is -2.29. The Morgan fingerprint density at radius 1 is 1.53 bits per heavy atom. The summed E-state index contributed by atoms with van der Waals surface area (Å²) in [5, 5.41) is 19.7. The maximum Gasteiger partial charge on any atom is 0.270 e. The zero-order valence-corrected chi connectivity index (χ0v) is 10.8. The van der Waals surface area contributed by atoms with E-state index in [-0.39, 0.29) is 12.3 Å². The summed E-state index contributed by atoms with van der Waals surface area (Å²) in [5.41, 5.74) is 0.979. The topological polar surface area (TPSA) is 66.6 Å². The lowest BCUT2D eigenvalue weighted by atomic mass is 10.2. The second-order valence-electron chi connectivity index (χ2n) is 4.04. The van der Waals surface area contributed by atoms with Crippen molar-refractivity contribution in [2.24, 2.45) is 0 Å². The Morgan fingerprint density at radius 3 is 2.71 bits per heavy atom. The highest BCUT2D eigenvalue weighted by Gasteiger charge is 2.30. The molecular formula is C11H13BrN2O3. The number of aliphatic hydroxyl groups is 1. The molecule has 0 saturated heterocycles. The van der Waals surface area contributed by atoms with Crippen molar-refractivity contribution in [3.05, 3.63) is 32.8 Å². The number of nitro benzene ring substituents is 1. The molecule has 0 unspecified atom stereocenters. The fourth-order valence-electron chi connectivity index (χ4n) is 1.84. The van der Waals surface area contributed by atoms with Crippen LogP contribution >= 0.6 is 15.9 Å². The number of hydrogen-bond donors (Lipinski definition) is 1. The van der Waals surface area contributed by atoms with Crippen molar-refractivity contribution >= 4 is 27.3 Å². The van der Waals surface area contributed by atoms with E-state index >= 15 is 0 Å². The monoisotopic (exact) mass is 300 g/mol. The summed E-state index contributed by atoms with van der Waals surface area (Å²) in [4.78, 5) is 12.3. The van der Waals surface area contributed by atoms with E-state index in [1.165, 1.54) is 12.1 Å². The molecule has 0 atom stereocenters. The fourth-order valence-corrected chi connectivity index (χ4v) is 2.43. The Labute approximate surface area is 107 Å². The van der Waals surface area contributed by atoms with Crippen LogP contribution in [0, 0.1) is 10.1 Å². The number of nitrogens with zero attached hydrogens (tertiary/aromatic N) is 2. The van der Waals surface area contributed by atoms with Crippen molar-refractivity contribution in [2.45, 2.75) is 18.9 Å². The van der Waals surface area contributed by atoms with Gasteiger partial charge in [0.2, 0.25) is 0 Å². The number of rotatable bonds is 5. The van der Waals surface area contributed by atoms with Crippen molar-refractivity contribution in [2.75, 3.05) is 18.1 Å². The van der Waals surface area contributed by atoms with Gasteiger partial charge in [0.1, 0.15) is 0 Å². The minimum absolute atomic E-state index is 0.0698. The number of halogens is 1. The first-order chi connectivity index (χ1) is 8.13. The zero-order valence-electron chi connectivity index (χ0n) is 9.17. The number of non-ortho nitro benzene ring substituents is 1. The number of benzene rings is 1. The third kappa shape index (κ3) is 2.76. The van der Waals surface area contributed by atoms with Gasteiger partial charge in [-0.3, -0.25) is 10.1 Å². The van der Waals surface area contributed by atoms with Crippen molar-refractivity contribution in [3.63, 3.8) is 0 Å². The average molecular weight is 301 g/mol. The first-order valence-electron chi connectivity index (χ1n) is 5.45. The van der Waals surface area contributed by atoms with Gasteiger partial charge in [-0.05, 0) is 34.8 Å². The number of nitro groups is 1. The molecule has 0 spiro atoms. The van der Waals surface area contributed by atoms with Gasteiger partial charge >= 0.3 is 0 Å². The molecule has 1 aliphatic carbocycles. The highest BCUT2D eigenvalue weighted by molar-refractivity contribution is 9.10. The summed E-state index contributed by atoms with van der Waals surface area (Å²) < 4.78 is 0.701. The SMILES string of the molecule is O=[N+]([O-])c1ccc(N(CCO)C2CC2)c(Br)c1. The van der Waals surface area contributed by atoms with Crippen molar-refractivity contribution in [3.8, 4) is 0 Å². The van der Waals surface area contributed by atoms with Crippen LogP contribution < -0.4 is 4.90 Å². The Morgan fingerprint density at radius 2 is 2.24 bits per heavy atom. The molecular weight excluding hydrogens is 288 g/mol. The summed E-state index contributed by atoms with van der Waals surface area (Å²) in [6, 6.07) is 5.19. The van der Waals surface area contributed by atoms with Gasteiger partial charge in [0.05, 0.1) is 17.2 Å². The van der Waals surface area contributed by atoms with Crippen LogP contribution in [-0.4, -0.2) is 29.2 Å². The minimum atomic E-state index is -0.415. The molecule has 1 N–H and O–H groups in total. The largest absolute Gasteiger partial charge is 0.395 e. The van der Waals surface area contributed by atoms with E-state index in [0.717, 1.165) is 18.5 Å². The van der Waals surface area contributed by atoms with Crippen molar-refractivity contribution in [1.29, 1.82) is 0 Å². The molecule has 1 aliphatic rings. The van der Waals surface area contributed by atoms with Crippen LogP contribution in [0.1, 0.15) is 12.8 Å². The smallest absolute Gasteiger partial charge is 0.270 e. The molecule has 6 heteroatoms. The highest BCUT2D eigenvalue weighted by atomic mass is 79.9. The van der Waals surface area contributed by atoms with E-state index in [1.54, 1.807) is 6.07 Å². The Bertz CT molecular complexity index is 435. The molecule has 1 aromatic rings. The molecule has 0 aromatic heterocycles. The van der Waals surface area contributed by atoms with E-state index in [0.29, 0.717) is 17.1 Å². The van der Waals surface area contributed by atoms with Crippen LogP contribution in [0.15, 0.2) is 22.7 Å². The zero-order chi connectivity index (χ0) is 12.4. The Hall–Kier alpha value is -1.14. The molecule has 0 bridgehead atoms. The van der Waals surface area contributed by atoms with E-state index in [4.69, 9.17) is 5.11 Å². The third-order valence-electron chi connectivity index (χ3n) is 2.78. The van der Waals surface area contributed by atoms with Gasteiger partial charge in [0.25, 0.3) is 5.69 Å². The molecule has 92 valence electrons. The van der Waals surface area contributed by atoms with Crippen LogP contribution in [0.4, 0.5) is 11.4 Å². The van der Waals surface area contributed by atoms with Gasteiger partial charge in [-0.25, -0.2) is 0 Å². The van der Waals surface area contributed by atoms with Gasteiger partial charge < -0.3 is 10.0 Å². The van der Waals surface area contributed by atoms with E-state index in [9.17, 15) is 10.1 Å². The first-order valence-corrected chi connectivity index (χ1v) is 6.24. The van der Waals surface area contributed by atoms with Gasteiger partial charge in [0, 0.05) is 29.2 Å². The van der Waals surface area contributed by atoms with Crippen LogP contribution in [0.5, 0.6) is 0 Å². The molecule has 2 rings (SSSR count). The second-order valence-corrected chi connectivity index (χ2v) is 4.90. The fraction of sp³-hybridized carbons (Fsp3) is 0.455. The van der Waals surface area contributed by atoms with Crippen LogP contribution in [0.25, 0.3) is 0 Å². The summed E-state index contributed by atoms with van der Waals surface area (Å²) in [5.74, 6) is 0. The van der Waals surface area contributed by atoms with Crippen LogP contribution in [0.2, 0.25) is 0 Å². The van der Waals surface area contributed by atoms with Crippen LogP contribution in [0.3, 0.4) is 0 Å². The maximum atomic E-state index is 10.6. The van der Waals surface area contributed by atoms with Gasteiger partial charge in [-0.15, -0.1) is 0 Å². The van der Waals surface area contributed by atoms with Gasteiger partial charge in [-0.2, -0.15) is 0 Å². The third-order valence-corrected chi connectivity index (χ3v) is 3.42. The number of hydrogen-bond acceptors (Lipinski definition) is 4. The van der Waals surface area contributed by atoms with Gasteiger partial charge in [0.15, 0.2) is 0 Å². The first kappa shape index (κ1) is 12.3. The summed E-state index contributed by atoms with van der Waals surface area (Å²) in [6.45, 7) is 0.640. The molecule has 0 heterocycles. The average Bonchev–Trinajstić information content (AvgIpc) is 3.10. The van der Waals surface area contributed by atoms with Gasteiger partial charge in [-0.1, -0.05) is 0 Å². The predicted octanol–water partition coefficient (Wildman–Crippen LogP) is 2.32. The molecule has 0 amide bonds. The predicted molar refractivity (Wildman–Crippen MR) is 68.3 cm³/mol. The molecule has 1 fully saturated rings. The van der Waals surface area contributed by atoms with E-state index in [2.05, 4.69) is 20.8 Å². The van der Waals surface area contributed by atoms with Crippen molar-refractivity contribution in [1.82, 2.24) is 0 Å². The quantitative estimate of drug-likeness (QED) is 0.669. The van der Waals surface area contributed by atoms with Crippen LogP contribution in [-0.2, 0) is 0 Å². The second kappa shape index (κ2) is 5.01. The molecule has 1 saturated carbocycles. The minimum Gasteiger partial charge on any atom is -0.395 e. The standard InChI is InChI=1S/C11H13BrN2O3/c12-10-7-9(14(16)17)3-4-11(10)13(5-6-15)8-1-2-8/h3-4,7-8,15H,1-2,5-6H2.